The third-order valence-corrected chi connectivity index (χ3v) is 3.31. The van der Waals surface area contributed by atoms with Crippen LogP contribution in [0.5, 0.6) is 0 Å². The first kappa shape index (κ1) is 20.2. The van der Waals surface area contributed by atoms with Crippen LogP contribution in [0.2, 0.25) is 0 Å². The Balaban J connectivity index is 2.30. The molecule has 1 heterocycles. The van der Waals surface area contributed by atoms with Crippen LogP contribution in [-0.4, -0.2) is 79.9 Å². The number of esters is 1. The summed E-state index contributed by atoms with van der Waals surface area (Å²) in [6, 6.07) is 0. The lowest BCUT2D eigenvalue weighted by atomic mass is 10.2. The van der Waals surface area contributed by atoms with Crippen molar-refractivity contribution >= 4 is 18.0 Å². The molecule has 8 nitrogen and oxygen atoms in total. The van der Waals surface area contributed by atoms with E-state index < -0.39 is 11.7 Å². The molecule has 0 unspecified atom stereocenters. The highest BCUT2D eigenvalue weighted by Crippen LogP contribution is 2.12. The Hall–Kier alpha value is -1.83. The van der Waals surface area contributed by atoms with E-state index in [9.17, 15) is 14.4 Å². The van der Waals surface area contributed by atoms with Crippen LogP contribution in [0.15, 0.2) is 0 Å². The molecule has 2 amide bonds. The van der Waals surface area contributed by atoms with E-state index in [1.807, 2.05) is 0 Å². The van der Waals surface area contributed by atoms with Gasteiger partial charge in [0.2, 0.25) is 5.91 Å². The van der Waals surface area contributed by atoms with Crippen LogP contribution >= 0.6 is 0 Å². The van der Waals surface area contributed by atoms with Crippen molar-refractivity contribution in [3.63, 3.8) is 0 Å². The molecule has 0 aromatic carbocycles. The summed E-state index contributed by atoms with van der Waals surface area (Å²) in [5, 5.41) is 0. The largest absolute Gasteiger partial charge is 0.466 e. The SMILES string of the molecule is COCCCOC(=O)CCN1CCN(C(=O)OC(C)(C)C)CC1=O. The third kappa shape index (κ3) is 7.63. The highest BCUT2D eigenvalue weighted by atomic mass is 16.6. The molecule has 0 aromatic heterocycles. The van der Waals surface area contributed by atoms with Gasteiger partial charge >= 0.3 is 12.1 Å². The molecule has 1 saturated heterocycles. The van der Waals surface area contributed by atoms with Crippen molar-refractivity contribution in [1.29, 1.82) is 0 Å². The van der Waals surface area contributed by atoms with Crippen molar-refractivity contribution in [3.8, 4) is 0 Å². The van der Waals surface area contributed by atoms with Crippen LogP contribution in [-0.2, 0) is 23.8 Å². The molecule has 0 N–H and O–H groups in total. The number of carbonyl (C=O) groups is 3. The van der Waals surface area contributed by atoms with E-state index in [4.69, 9.17) is 14.2 Å². The summed E-state index contributed by atoms with van der Waals surface area (Å²) in [7, 11) is 1.59. The fourth-order valence-electron chi connectivity index (χ4n) is 2.11. The van der Waals surface area contributed by atoms with Gasteiger partial charge in [-0.1, -0.05) is 0 Å². The van der Waals surface area contributed by atoms with Gasteiger partial charge in [0.05, 0.1) is 13.0 Å². The summed E-state index contributed by atoms with van der Waals surface area (Å²) >= 11 is 0. The second-order valence-electron chi connectivity index (χ2n) is 6.60. The quantitative estimate of drug-likeness (QED) is 0.507. The number of rotatable bonds is 7. The lowest BCUT2D eigenvalue weighted by Crippen LogP contribution is -2.53. The smallest absolute Gasteiger partial charge is 0.410 e. The standard InChI is InChI=1S/C16H28N2O6/c1-16(2,3)24-15(21)18-9-8-17(13(19)12-18)7-6-14(20)23-11-5-10-22-4/h5-12H2,1-4H3. The van der Waals surface area contributed by atoms with Gasteiger partial charge < -0.3 is 19.1 Å². The molecule has 1 aliphatic rings. The first-order valence-electron chi connectivity index (χ1n) is 8.13. The van der Waals surface area contributed by atoms with Crippen LogP contribution in [0, 0.1) is 0 Å². The molecule has 0 radical (unpaired) electrons. The van der Waals surface area contributed by atoms with Gasteiger partial charge in [0.25, 0.3) is 0 Å². The van der Waals surface area contributed by atoms with Crippen molar-refractivity contribution < 1.29 is 28.6 Å². The van der Waals surface area contributed by atoms with Crippen LogP contribution < -0.4 is 0 Å². The summed E-state index contributed by atoms with van der Waals surface area (Å²) < 4.78 is 15.2. The molecule has 138 valence electrons. The van der Waals surface area contributed by atoms with E-state index in [0.717, 1.165) is 0 Å². The normalized spacial score (nSPS) is 15.4. The Morgan fingerprint density at radius 3 is 2.46 bits per heavy atom. The van der Waals surface area contributed by atoms with E-state index in [1.165, 1.54) is 4.90 Å². The van der Waals surface area contributed by atoms with Crippen LogP contribution in [0.25, 0.3) is 0 Å². The minimum absolute atomic E-state index is 0.0300. The van der Waals surface area contributed by atoms with E-state index >= 15 is 0 Å². The number of amides is 2. The number of ether oxygens (including phenoxy) is 3. The third-order valence-electron chi connectivity index (χ3n) is 3.31. The highest BCUT2D eigenvalue weighted by Gasteiger charge is 2.30. The summed E-state index contributed by atoms with van der Waals surface area (Å²) in [5.74, 6) is -0.534. The average molecular weight is 344 g/mol. The molecule has 0 atom stereocenters. The predicted octanol–water partition coefficient (Wildman–Crippen LogP) is 1.04. The number of carbonyl (C=O) groups excluding carboxylic acids is 3. The number of methoxy groups -OCH3 is 1. The first-order chi connectivity index (χ1) is 11.2. The maximum absolute atomic E-state index is 12.1. The Morgan fingerprint density at radius 2 is 1.88 bits per heavy atom. The molecule has 24 heavy (non-hydrogen) atoms. The van der Waals surface area contributed by atoms with E-state index in [2.05, 4.69) is 0 Å². The van der Waals surface area contributed by atoms with Crippen molar-refractivity contribution in [1.82, 2.24) is 9.80 Å². The van der Waals surface area contributed by atoms with Gasteiger partial charge in [-0.2, -0.15) is 0 Å². The molecule has 0 aliphatic carbocycles. The highest BCUT2D eigenvalue weighted by molar-refractivity contribution is 5.84. The minimum Gasteiger partial charge on any atom is -0.466 e. The Morgan fingerprint density at radius 1 is 1.17 bits per heavy atom. The molecular weight excluding hydrogens is 316 g/mol. The Labute approximate surface area is 143 Å². The van der Waals surface area contributed by atoms with Gasteiger partial charge in [-0.15, -0.1) is 0 Å². The van der Waals surface area contributed by atoms with Gasteiger partial charge in [-0.05, 0) is 20.8 Å². The second-order valence-corrected chi connectivity index (χ2v) is 6.60. The van der Waals surface area contributed by atoms with Gasteiger partial charge in [0.1, 0.15) is 12.1 Å². The second kappa shape index (κ2) is 9.46. The van der Waals surface area contributed by atoms with E-state index in [-0.39, 0.29) is 24.8 Å². The van der Waals surface area contributed by atoms with Crippen molar-refractivity contribution in [3.05, 3.63) is 0 Å². The fraction of sp³-hybridized carbons (Fsp3) is 0.812. The topological polar surface area (TPSA) is 85.4 Å². The van der Waals surface area contributed by atoms with Crippen LogP contribution in [0.1, 0.15) is 33.6 Å². The molecule has 0 bridgehead atoms. The molecule has 1 rings (SSSR count). The van der Waals surface area contributed by atoms with Gasteiger partial charge in [-0.3, -0.25) is 14.5 Å². The molecule has 0 saturated carbocycles. The average Bonchev–Trinajstić information content (AvgIpc) is 2.48. The maximum atomic E-state index is 12.1. The van der Waals surface area contributed by atoms with Gasteiger partial charge in [0.15, 0.2) is 0 Å². The molecule has 8 heteroatoms. The van der Waals surface area contributed by atoms with Gasteiger partial charge in [0, 0.05) is 39.8 Å². The number of hydrogen-bond acceptors (Lipinski definition) is 6. The molecule has 0 aromatic rings. The summed E-state index contributed by atoms with van der Waals surface area (Å²) in [4.78, 5) is 38.6. The number of nitrogens with zero attached hydrogens (tertiary/aromatic N) is 2. The monoisotopic (exact) mass is 344 g/mol. The molecular formula is C16H28N2O6. The zero-order valence-corrected chi connectivity index (χ0v) is 15.0. The zero-order valence-electron chi connectivity index (χ0n) is 15.0. The Kier molecular flexibility index (Phi) is 7.97. The van der Waals surface area contributed by atoms with Crippen molar-refractivity contribution in [2.75, 3.05) is 46.5 Å². The number of piperazine rings is 1. The van der Waals surface area contributed by atoms with Crippen molar-refractivity contribution in [2.24, 2.45) is 0 Å². The predicted molar refractivity (Wildman–Crippen MR) is 86.5 cm³/mol. The summed E-state index contributed by atoms with van der Waals surface area (Å²) in [5.41, 5.74) is -0.593. The summed E-state index contributed by atoms with van der Waals surface area (Å²) in [6.07, 6.45) is 0.300. The fourth-order valence-corrected chi connectivity index (χ4v) is 2.11. The number of hydrogen-bond donors (Lipinski definition) is 0. The first-order valence-corrected chi connectivity index (χ1v) is 8.13. The molecule has 1 fully saturated rings. The lowest BCUT2D eigenvalue weighted by molar-refractivity contribution is -0.145. The van der Waals surface area contributed by atoms with Crippen LogP contribution in [0.4, 0.5) is 4.79 Å². The van der Waals surface area contributed by atoms with Crippen molar-refractivity contribution in [2.45, 2.75) is 39.2 Å². The minimum atomic E-state index is -0.593. The maximum Gasteiger partial charge on any atom is 0.410 e. The molecule has 0 spiro atoms. The zero-order chi connectivity index (χ0) is 18.2. The lowest BCUT2D eigenvalue weighted by Gasteiger charge is -2.35. The summed E-state index contributed by atoms with van der Waals surface area (Å²) in [6.45, 7) is 7.23. The molecule has 1 aliphatic heterocycles. The Bertz CT molecular complexity index is 446. The van der Waals surface area contributed by atoms with Gasteiger partial charge in [-0.25, -0.2) is 4.79 Å². The van der Waals surface area contributed by atoms with Crippen LogP contribution in [0.3, 0.4) is 0 Å². The van der Waals surface area contributed by atoms with E-state index in [1.54, 1.807) is 32.8 Å². The van der Waals surface area contributed by atoms with E-state index in [0.29, 0.717) is 39.3 Å².